The SMILES string of the molecule is Cc1ccc(C=O)cc1-c1cnc2nc(-c3cccc(Cl)c3)n(CC(=O)NC(C)C)c(=O)c2c1. The maximum Gasteiger partial charge on any atom is 0.263 e. The number of hydrogen-bond donors (Lipinski definition) is 1. The molecule has 0 radical (unpaired) electrons. The van der Waals surface area contributed by atoms with Gasteiger partial charge in [0.2, 0.25) is 5.91 Å². The number of aldehydes is 1. The first kappa shape index (κ1) is 23.3. The quantitative estimate of drug-likeness (QED) is 0.417. The first-order valence-electron chi connectivity index (χ1n) is 10.8. The molecule has 0 unspecified atom stereocenters. The summed E-state index contributed by atoms with van der Waals surface area (Å²) in [7, 11) is 0. The third kappa shape index (κ3) is 4.75. The zero-order valence-corrected chi connectivity index (χ0v) is 19.8. The van der Waals surface area contributed by atoms with Crippen molar-refractivity contribution in [3.05, 3.63) is 81.2 Å². The Hall–Kier alpha value is -3.84. The van der Waals surface area contributed by atoms with Gasteiger partial charge in [-0.25, -0.2) is 9.97 Å². The van der Waals surface area contributed by atoms with Crippen LogP contribution in [0.15, 0.2) is 59.5 Å². The lowest BCUT2D eigenvalue weighted by atomic mass is 9.99. The Balaban J connectivity index is 1.94. The molecule has 4 aromatic rings. The molecule has 0 aliphatic rings. The molecular weight excluding hydrogens is 452 g/mol. The van der Waals surface area contributed by atoms with Gasteiger partial charge in [0.05, 0.1) is 5.39 Å². The minimum atomic E-state index is -0.391. The van der Waals surface area contributed by atoms with E-state index in [-0.39, 0.29) is 29.5 Å². The van der Waals surface area contributed by atoms with Gasteiger partial charge in [0.1, 0.15) is 18.7 Å². The maximum absolute atomic E-state index is 13.6. The fourth-order valence-corrected chi connectivity index (χ4v) is 3.97. The predicted molar refractivity (Wildman–Crippen MR) is 133 cm³/mol. The van der Waals surface area contributed by atoms with Crippen LogP contribution in [0.25, 0.3) is 33.5 Å². The molecule has 0 atom stereocenters. The van der Waals surface area contributed by atoms with Crippen LogP contribution >= 0.6 is 11.6 Å². The largest absolute Gasteiger partial charge is 0.352 e. The molecule has 34 heavy (non-hydrogen) atoms. The summed E-state index contributed by atoms with van der Waals surface area (Å²) in [5, 5.41) is 3.57. The molecule has 8 heteroatoms. The highest BCUT2D eigenvalue weighted by Crippen LogP contribution is 2.27. The van der Waals surface area contributed by atoms with E-state index in [2.05, 4.69) is 15.3 Å². The number of nitrogens with one attached hydrogen (secondary N) is 1. The lowest BCUT2D eigenvalue weighted by molar-refractivity contribution is -0.122. The first-order chi connectivity index (χ1) is 16.3. The fraction of sp³-hybridized carbons (Fsp3) is 0.192. The normalized spacial score (nSPS) is 11.1. The van der Waals surface area contributed by atoms with Gasteiger partial charge in [-0.15, -0.1) is 0 Å². The highest BCUT2D eigenvalue weighted by Gasteiger charge is 2.18. The van der Waals surface area contributed by atoms with E-state index in [1.165, 1.54) is 4.57 Å². The number of aryl methyl sites for hydroxylation is 1. The number of halogens is 1. The third-order valence-electron chi connectivity index (χ3n) is 5.35. The Morgan fingerprint density at radius 2 is 1.94 bits per heavy atom. The number of aromatic nitrogens is 3. The van der Waals surface area contributed by atoms with E-state index in [0.717, 1.165) is 17.4 Å². The number of rotatable bonds is 6. The van der Waals surface area contributed by atoms with Crippen molar-refractivity contribution in [1.29, 1.82) is 0 Å². The monoisotopic (exact) mass is 474 g/mol. The summed E-state index contributed by atoms with van der Waals surface area (Å²) in [6.07, 6.45) is 2.40. The Labute approximate surface area is 201 Å². The molecule has 2 heterocycles. The predicted octanol–water partition coefficient (Wildman–Crippen LogP) is 4.42. The molecule has 0 spiro atoms. The molecule has 2 aromatic heterocycles. The van der Waals surface area contributed by atoms with Gasteiger partial charge >= 0.3 is 0 Å². The molecule has 0 fully saturated rings. The molecular formula is C26H23ClN4O3. The van der Waals surface area contributed by atoms with Crippen LogP contribution < -0.4 is 10.9 Å². The topological polar surface area (TPSA) is 93.9 Å². The van der Waals surface area contributed by atoms with Crippen molar-refractivity contribution in [3.63, 3.8) is 0 Å². The van der Waals surface area contributed by atoms with Crippen molar-refractivity contribution < 1.29 is 9.59 Å². The fourth-order valence-electron chi connectivity index (χ4n) is 3.78. The number of hydrogen-bond acceptors (Lipinski definition) is 5. The van der Waals surface area contributed by atoms with Crippen LogP contribution in [0.3, 0.4) is 0 Å². The van der Waals surface area contributed by atoms with E-state index in [1.807, 2.05) is 26.8 Å². The first-order valence-corrected chi connectivity index (χ1v) is 11.2. The minimum Gasteiger partial charge on any atom is -0.352 e. The van der Waals surface area contributed by atoms with Crippen LogP contribution in [-0.2, 0) is 11.3 Å². The summed E-state index contributed by atoms with van der Waals surface area (Å²) in [5.74, 6) is -0.00143. The van der Waals surface area contributed by atoms with E-state index >= 15 is 0 Å². The summed E-state index contributed by atoms with van der Waals surface area (Å²) in [4.78, 5) is 46.6. The van der Waals surface area contributed by atoms with Gasteiger partial charge in [-0.3, -0.25) is 19.0 Å². The maximum atomic E-state index is 13.6. The third-order valence-corrected chi connectivity index (χ3v) is 5.59. The molecule has 0 aliphatic heterocycles. The van der Waals surface area contributed by atoms with Gasteiger partial charge in [-0.05, 0) is 56.2 Å². The average molecular weight is 475 g/mol. The van der Waals surface area contributed by atoms with Gasteiger partial charge in [0, 0.05) is 34.0 Å². The van der Waals surface area contributed by atoms with Crippen LogP contribution in [-0.4, -0.2) is 32.8 Å². The van der Waals surface area contributed by atoms with Crippen LogP contribution in [0.1, 0.15) is 29.8 Å². The Bertz CT molecular complexity index is 1480. The second-order valence-corrected chi connectivity index (χ2v) is 8.78. The standard InChI is InChI=1S/C26H23ClN4O3/c1-15(2)29-23(33)13-31-25(18-5-4-6-20(27)10-18)30-24-22(26(31)34)11-19(12-28-24)21-9-17(14-32)8-7-16(21)3/h4-12,14-15H,13H2,1-3H3,(H,29,33). The minimum absolute atomic E-state index is 0.0763. The van der Waals surface area contributed by atoms with Gasteiger partial charge in [-0.2, -0.15) is 0 Å². The van der Waals surface area contributed by atoms with Crippen LogP contribution in [0.5, 0.6) is 0 Å². The molecule has 0 saturated carbocycles. The molecule has 2 aromatic carbocycles. The highest BCUT2D eigenvalue weighted by atomic mass is 35.5. The Morgan fingerprint density at radius 1 is 1.15 bits per heavy atom. The number of fused-ring (bicyclic) bond motifs is 1. The summed E-state index contributed by atoms with van der Waals surface area (Å²) in [5.41, 5.74) is 3.41. The number of carbonyl (C=O) groups is 2. The van der Waals surface area contributed by atoms with Gasteiger partial charge in [0.15, 0.2) is 5.65 Å². The lowest BCUT2D eigenvalue weighted by Gasteiger charge is -2.15. The molecule has 172 valence electrons. The average Bonchev–Trinajstić information content (AvgIpc) is 2.80. The highest BCUT2D eigenvalue weighted by molar-refractivity contribution is 6.30. The van der Waals surface area contributed by atoms with Gasteiger partial charge in [-0.1, -0.05) is 35.9 Å². The molecule has 0 saturated heterocycles. The smallest absolute Gasteiger partial charge is 0.263 e. The zero-order chi connectivity index (χ0) is 24.4. The molecule has 0 aliphatic carbocycles. The van der Waals surface area contributed by atoms with Crippen LogP contribution in [0.2, 0.25) is 5.02 Å². The summed E-state index contributed by atoms with van der Waals surface area (Å²) < 4.78 is 1.34. The van der Waals surface area contributed by atoms with E-state index in [4.69, 9.17) is 11.6 Å². The summed E-state index contributed by atoms with van der Waals surface area (Å²) >= 11 is 6.17. The van der Waals surface area contributed by atoms with E-state index in [9.17, 15) is 14.4 Å². The molecule has 7 nitrogen and oxygen atoms in total. The summed E-state index contributed by atoms with van der Waals surface area (Å²) in [6, 6.07) is 13.9. The molecule has 4 rings (SSSR count). The van der Waals surface area contributed by atoms with E-state index in [1.54, 1.807) is 48.7 Å². The molecule has 0 bridgehead atoms. The molecule has 1 amide bonds. The van der Waals surface area contributed by atoms with Crippen molar-refractivity contribution in [2.45, 2.75) is 33.4 Å². The lowest BCUT2D eigenvalue weighted by Crippen LogP contribution is -2.37. The number of amides is 1. The van der Waals surface area contributed by atoms with E-state index < -0.39 is 5.56 Å². The zero-order valence-electron chi connectivity index (χ0n) is 19.0. The second kappa shape index (κ2) is 9.57. The van der Waals surface area contributed by atoms with E-state index in [0.29, 0.717) is 27.5 Å². The second-order valence-electron chi connectivity index (χ2n) is 8.35. The number of carbonyl (C=O) groups excluding carboxylic acids is 2. The van der Waals surface area contributed by atoms with Crippen molar-refractivity contribution in [1.82, 2.24) is 19.9 Å². The van der Waals surface area contributed by atoms with Crippen LogP contribution in [0.4, 0.5) is 0 Å². The number of pyridine rings is 1. The number of nitrogens with zero attached hydrogens (tertiary/aromatic N) is 3. The van der Waals surface area contributed by atoms with Gasteiger partial charge < -0.3 is 5.32 Å². The Morgan fingerprint density at radius 3 is 2.65 bits per heavy atom. The van der Waals surface area contributed by atoms with Crippen molar-refractivity contribution in [3.8, 4) is 22.5 Å². The van der Waals surface area contributed by atoms with Crippen molar-refractivity contribution in [2.75, 3.05) is 0 Å². The summed E-state index contributed by atoms with van der Waals surface area (Å²) in [6.45, 7) is 5.42. The van der Waals surface area contributed by atoms with Crippen molar-refractivity contribution >= 4 is 34.8 Å². The van der Waals surface area contributed by atoms with Gasteiger partial charge in [0.25, 0.3) is 5.56 Å². The Kier molecular flexibility index (Phi) is 6.56. The van der Waals surface area contributed by atoms with Crippen molar-refractivity contribution in [2.24, 2.45) is 0 Å². The van der Waals surface area contributed by atoms with Crippen LogP contribution in [0, 0.1) is 6.92 Å². The molecule has 1 N–H and O–H groups in total. The number of benzene rings is 2.